The summed E-state index contributed by atoms with van der Waals surface area (Å²) in [5, 5.41) is 11.6. The molecule has 0 fully saturated rings. The first-order valence-corrected chi connectivity index (χ1v) is 2.72. The molecule has 0 bridgehead atoms. The highest BCUT2D eigenvalue weighted by atomic mass is 16.6. The van der Waals surface area contributed by atoms with Crippen molar-refractivity contribution in [2.75, 3.05) is 7.05 Å². The van der Waals surface area contributed by atoms with E-state index in [1.807, 2.05) is 0 Å². The summed E-state index contributed by atoms with van der Waals surface area (Å²) in [6.45, 7) is 0. The summed E-state index contributed by atoms with van der Waals surface area (Å²) in [6, 6.07) is 0. The number of rotatable bonds is 1. The minimum absolute atomic E-state index is 0.00926. The fourth-order valence-corrected chi connectivity index (χ4v) is 0.620. The van der Waals surface area contributed by atoms with Crippen LogP contribution >= 0.6 is 0 Å². The molecule has 0 aromatic carbocycles. The number of nitro groups is 1. The summed E-state index contributed by atoms with van der Waals surface area (Å²) in [7, 11) is 1.69. The van der Waals surface area contributed by atoms with Crippen molar-refractivity contribution in [3.8, 4) is 0 Å². The Bertz CT molecular complexity index is 209. The van der Waals surface area contributed by atoms with Gasteiger partial charge in [-0.05, 0) is 11.0 Å². The Hall–Kier alpha value is -1.52. The molecular formula is C5H7N3O2. The molecule has 0 amide bonds. The molecule has 0 saturated heterocycles. The summed E-state index contributed by atoms with van der Waals surface area (Å²) in [4.78, 5) is 9.64. The maximum Gasteiger partial charge on any atom is 0.339 e. The molecule has 5 nitrogen and oxygen atoms in total. The molecule has 1 N–H and O–H groups in total. The third-order valence-corrected chi connectivity index (χ3v) is 1.05. The summed E-state index contributed by atoms with van der Waals surface area (Å²) < 4.78 is 0. The van der Waals surface area contributed by atoms with Crippen LogP contribution < -0.4 is 5.43 Å². The largest absolute Gasteiger partial charge is 0.358 e. The first kappa shape index (κ1) is 6.60. The zero-order valence-electron chi connectivity index (χ0n) is 5.44. The van der Waals surface area contributed by atoms with Crippen molar-refractivity contribution >= 4 is 0 Å². The van der Waals surface area contributed by atoms with Gasteiger partial charge in [-0.2, -0.15) is 5.43 Å². The van der Waals surface area contributed by atoms with Crippen LogP contribution in [0.25, 0.3) is 0 Å². The molecule has 0 aromatic rings. The zero-order valence-corrected chi connectivity index (χ0v) is 5.44. The van der Waals surface area contributed by atoms with E-state index in [4.69, 9.17) is 0 Å². The van der Waals surface area contributed by atoms with Gasteiger partial charge in [-0.25, -0.2) is 5.01 Å². The van der Waals surface area contributed by atoms with E-state index in [-0.39, 0.29) is 5.82 Å². The first-order chi connectivity index (χ1) is 4.70. The topological polar surface area (TPSA) is 58.4 Å². The highest BCUT2D eigenvalue weighted by Gasteiger charge is 2.10. The molecule has 54 valence electrons. The van der Waals surface area contributed by atoms with Gasteiger partial charge in [-0.1, -0.05) is 0 Å². The van der Waals surface area contributed by atoms with Crippen molar-refractivity contribution in [3.05, 3.63) is 34.3 Å². The van der Waals surface area contributed by atoms with Gasteiger partial charge < -0.3 is 10.1 Å². The second kappa shape index (κ2) is 2.38. The molecule has 0 aromatic heterocycles. The van der Waals surface area contributed by atoms with Crippen molar-refractivity contribution in [3.63, 3.8) is 0 Å². The van der Waals surface area contributed by atoms with Crippen molar-refractivity contribution in [1.82, 2.24) is 10.4 Å². The molecule has 0 atom stereocenters. The van der Waals surface area contributed by atoms with E-state index in [0.29, 0.717) is 0 Å². The lowest BCUT2D eigenvalue weighted by Crippen LogP contribution is -2.33. The monoisotopic (exact) mass is 141 g/mol. The van der Waals surface area contributed by atoms with Crippen LogP contribution in [0.2, 0.25) is 0 Å². The van der Waals surface area contributed by atoms with Gasteiger partial charge in [-0.3, -0.25) is 0 Å². The van der Waals surface area contributed by atoms with E-state index in [0.717, 1.165) is 0 Å². The second-order valence-corrected chi connectivity index (χ2v) is 1.87. The van der Waals surface area contributed by atoms with Crippen molar-refractivity contribution in [1.29, 1.82) is 0 Å². The fraction of sp³-hybridized carbons (Fsp3) is 0.200. The molecule has 1 aliphatic heterocycles. The van der Waals surface area contributed by atoms with Gasteiger partial charge in [-0.15, -0.1) is 0 Å². The quantitative estimate of drug-likeness (QED) is 0.414. The molecular weight excluding hydrogens is 134 g/mol. The van der Waals surface area contributed by atoms with E-state index in [1.54, 1.807) is 19.3 Å². The van der Waals surface area contributed by atoms with E-state index in [1.165, 1.54) is 11.1 Å². The number of hydrazine groups is 1. The Kier molecular flexibility index (Phi) is 1.57. The Morgan fingerprint density at radius 2 is 2.50 bits per heavy atom. The number of hydrogen-bond acceptors (Lipinski definition) is 4. The third kappa shape index (κ3) is 1.25. The highest BCUT2D eigenvalue weighted by molar-refractivity contribution is 5.08. The van der Waals surface area contributed by atoms with E-state index in [9.17, 15) is 10.1 Å². The van der Waals surface area contributed by atoms with E-state index in [2.05, 4.69) is 5.43 Å². The molecule has 0 spiro atoms. The van der Waals surface area contributed by atoms with Gasteiger partial charge in [0.05, 0.1) is 0 Å². The molecule has 5 heteroatoms. The molecule has 10 heavy (non-hydrogen) atoms. The maximum atomic E-state index is 10.1. The van der Waals surface area contributed by atoms with Crippen LogP contribution in [0.3, 0.4) is 0 Å². The van der Waals surface area contributed by atoms with Crippen LogP contribution in [0.15, 0.2) is 24.2 Å². The SMILES string of the molecule is CN1C=CC=C([N+](=O)[O-])N1. The smallest absolute Gasteiger partial charge is 0.339 e. The van der Waals surface area contributed by atoms with E-state index < -0.39 is 4.92 Å². The Balaban J connectivity index is 2.71. The second-order valence-electron chi connectivity index (χ2n) is 1.87. The van der Waals surface area contributed by atoms with Crippen LogP contribution in [-0.2, 0) is 0 Å². The average Bonchev–Trinajstić information content (AvgIpc) is 1.88. The van der Waals surface area contributed by atoms with Crippen molar-refractivity contribution in [2.24, 2.45) is 0 Å². The molecule has 0 unspecified atom stereocenters. The first-order valence-electron chi connectivity index (χ1n) is 2.72. The van der Waals surface area contributed by atoms with Gasteiger partial charge in [0.15, 0.2) is 0 Å². The number of nitrogens with one attached hydrogen (secondary N) is 1. The number of nitrogens with zero attached hydrogens (tertiary/aromatic N) is 2. The number of hydrogen-bond donors (Lipinski definition) is 1. The predicted molar refractivity (Wildman–Crippen MR) is 35.1 cm³/mol. The summed E-state index contributed by atoms with van der Waals surface area (Å²) in [6.07, 6.45) is 4.70. The molecule has 0 radical (unpaired) electrons. The molecule has 1 rings (SSSR count). The normalized spacial score (nSPS) is 16.1. The van der Waals surface area contributed by atoms with Crippen LogP contribution in [0.1, 0.15) is 0 Å². The van der Waals surface area contributed by atoms with Crippen LogP contribution in [0, 0.1) is 10.1 Å². The lowest BCUT2D eigenvalue weighted by molar-refractivity contribution is -0.435. The highest BCUT2D eigenvalue weighted by Crippen LogP contribution is 1.98. The lowest BCUT2D eigenvalue weighted by atomic mass is 10.5. The van der Waals surface area contributed by atoms with Crippen LogP contribution in [0.4, 0.5) is 0 Å². The summed E-state index contributed by atoms with van der Waals surface area (Å²) >= 11 is 0. The molecule has 1 heterocycles. The fourth-order valence-electron chi connectivity index (χ4n) is 0.620. The van der Waals surface area contributed by atoms with Gasteiger partial charge in [0.25, 0.3) is 0 Å². The summed E-state index contributed by atoms with van der Waals surface area (Å²) in [5.74, 6) is -0.00926. The zero-order chi connectivity index (χ0) is 7.56. The minimum atomic E-state index is -0.472. The average molecular weight is 141 g/mol. The minimum Gasteiger partial charge on any atom is -0.358 e. The maximum absolute atomic E-state index is 10.1. The van der Waals surface area contributed by atoms with Gasteiger partial charge in [0.2, 0.25) is 0 Å². The Morgan fingerprint density at radius 3 is 2.90 bits per heavy atom. The van der Waals surface area contributed by atoms with E-state index >= 15 is 0 Å². The predicted octanol–water partition coefficient (Wildman–Crippen LogP) is 0.0682. The molecule has 1 aliphatic rings. The molecule has 0 saturated carbocycles. The summed E-state index contributed by atoms with van der Waals surface area (Å²) in [5.41, 5.74) is 2.52. The Labute approximate surface area is 57.7 Å². The Morgan fingerprint density at radius 1 is 1.80 bits per heavy atom. The third-order valence-electron chi connectivity index (χ3n) is 1.05. The number of allylic oxidation sites excluding steroid dienone is 2. The lowest BCUT2D eigenvalue weighted by Gasteiger charge is -2.13. The van der Waals surface area contributed by atoms with Crippen molar-refractivity contribution < 1.29 is 4.92 Å². The van der Waals surface area contributed by atoms with Gasteiger partial charge in [0.1, 0.15) is 0 Å². The standard InChI is InChI=1S/C5H7N3O2/c1-7-4-2-3-5(6-7)8(9)10/h2-4,6H,1H3. The molecule has 0 aliphatic carbocycles. The van der Waals surface area contributed by atoms with Gasteiger partial charge >= 0.3 is 5.82 Å². The van der Waals surface area contributed by atoms with Crippen molar-refractivity contribution in [2.45, 2.75) is 0 Å². The van der Waals surface area contributed by atoms with Gasteiger partial charge in [0, 0.05) is 19.3 Å². The van der Waals surface area contributed by atoms with Crippen LogP contribution in [0.5, 0.6) is 0 Å². The van der Waals surface area contributed by atoms with Crippen LogP contribution in [-0.4, -0.2) is 17.0 Å².